The van der Waals surface area contributed by atoms with E-state index in [1.165, 1.54) is 12.5 Å². The van der Waals surface area contributed by atoms with Crippen LogP contribution in [0, 0.1) is 12.7 Å². The molecule has 0 unspecified atom stereocenters. The maximum atomic E-state index is 12.9. The Kier molecular flexibility index (Phi) is 5.69. The van der Waals surface area contributed by atoms with Crippen molar-refractivity contribution in [2.45, 2.75) is 26.2 Å². The smallest absolute Gasteiger partial charge is 0.126 e. The second-order valence-electron chi connectivity index (χ2n) is 3.51. The highest BCUT2D eigenvalue weighted by Crippen LogP contribution is 2.16. The molecule has 0 amide bonds. The van der Waals surface area contributed by atoms with E-state index < -0.39 is 0 Å². The minimum atomic E-state index is -0.179. The molecular formula is C12H16BrFO. The fourth-order valence-corrected chi connectivity index (χ4v) is 1.67. The van der Waals surface area contributed by atoms with Gasteiger partial charge in [0.2, 0.25) is 0 Å². The Bertz CT molecular complexity index is 302. The number of aryl methyl sites for hydroxylation is 1. The minimum Gasteiger partial charge on any atom is -0.494 e. The Labute approximate surface area is 98.8 Å². The van der Waals surface area contributed by atoms with Crippen molar-refractivity contribution in [2.75, 3.05) is 11.9 Å². The third kappa shape index (κ3) is 4.65. The van der Waals surface area contributed by atoms with Gasteiger partial charge < -0.3 is 4.74 Å². The van der Waals surface area contributed by atoms with Gasteiger partial charge in [-0.3, -0.25) is 0 Å². The SMILES string of the molecule is Cc1cc(OCCCCCBr)ccc1F. The van der Waals surface area contributed by atoms with Crippen LogP contribution < -0.4 is 4.74 Å². The third-order valence-corrected chi connectivity index (χ3v) is 2.74. The highest BCUT2D eigenvalue weighted by atomic mass is 79.9. The molecule has 3 heteroatoms. The number of unbranched alkanes of at least 4 members (excludes halogenated alkanes) is 2. The van der Waals surface area contributed by atoms with Gasteiger partial charge in [-0.15, -0.1) is 0 Å². The Hall–Kier alpha value is -0.570. The van der Waals surface area contributed by atoms with Gasteiger partial charge in [-0.25, -0.2) is 4.39 Å². The van der Waals surface area contributed by atoms with Gasteiger partial charge in [0.1, 0.15) is 11.6 Å². The molecule has 0 bridgehead atoms. The lowest BCUT2D eigenvalue weighted by Gasteiger charge is -2.06. The zero-order valence-corrected chi connectivity index (χ0v) is 10.5. The molecule has 1 aromatic rings. The third-order valence-electron chi connectivity index (χ3n) is 2.18. The van der Waals surface area contributed by atoms with Gasteiger partial charge in [0.05, 0.1) is 6.61 Å². The predicted octanol–water partition coefficient (Wildman–Crippen LogP) is 4.08. The van der Waals surface area contributed by atoms with Gasteiger partial charge in [-0.2, -0.15) is 0 Å². The van der Waals surface area contributed by atoms with E-state index in [1.807, 2.05) is 0 Å². The number of hydrogen-bond acceptors (Lipinski definition) is 1. The number of benzene rings is 1. The van der Waals surface area contributed by atoms with Crippen molar-refractivity contribution in [1.29, 1.82) is 0 Å². The van der Waals surface area contributed by atoms with Gasteiger partial charge in [0.25, 0.3) is 0 Å². The second kappa shape index (κ2) is 6.83. The molecule has 0 aromatic heterocycles. The molecule has 84 valence electrons. The van der Waals surface area contributed by atoms with Crippen molar-refractivity contribution in [1.82, 2.24) is 0 Å². The second-order valence-corrected chi connectivity index (χ2v) is 4.30. The topological polar surface area (TPSA) is 9.23 Å². The fourth-order valence-electron chi connectivity index (χ4n) is 1.27. The first-order valence-corrected chi connectivity index (χ1v) is 6.31. The van der Waals surface area contributed by atoms with Crippen LogP contribution in [0.2, 0.25) is 0 Å². The Morgan fingerprint density at radius 3 is 2.73 bits per heavy atom. The molecule has 1 rings (SSSR count). The fraction of sp³-hybridized carbons (Fsp3) is 0.500. The predicted molar refractivity (Wildman–Crippen MR) is 64.3 cm³/mol. The average Bonchev–Trinajstić information content (AvgIpc) is 2.23. The van der Waals surface area contributed by atoms with Crippen molar-refractivity contribution in [2.24, 2.45) is 0 Å². The molecule has 0 saturated carbocycles. The van der Waals surface area contributed by atoms with Crippen molar-refractivity contribution < 1.29 is 9.13 Å². The summed E-state index contributed by atoms with van der Waals surface area (Å²) in [6, 6.07) is 4.86. The number of halogens is 2. The van der Waals surface area contributed by atoms with Crippen LogP contribution in [-0.4, -0.2) is 11.9 Å². The summed E-state index contributed by atoms with van der Waals surface area (Å²) in [6.07, 6.45) is 3.37. The molecule has 0 fully saturated rings. The molecule has 0 heterocycles. The normalized spacial score (nSPS) is 10.3. The summed E-state index contributed by atoms with van der Waals surface area (Å²) in [4.78, 5) is 0. The summed E-state index contributed by atoms with van der Waals surface area (Å²) in [7, 11) is 0. The summed E-state index contributed by atoms with van der Waals surface area (Å²) in [5.41, 5.74) is 0.632. The van der Waals surface area contributed by atoms with Gasteiger partial charge in [-0.05, 0) is 49.9 Å². The summed E-state index contributed by atoms with van der Waals surface area (Å²) < 4.78 is 18.4. The number of hydrogen-bond donors (Lipinski definition) is 0. The van der Waals surface area contributed by atoms with Crippen LogP contribution in [0.5, 0.6) is 5.75 Å². The number of rotatable bonds is 6. The van der Waals surface area contributed by atoms with Crippen LogP contribution in [0.25, 0.3) is 0 Å². The Balaban J connectivity index is 2.28. The quantitative estimate of drug-likeness (QED) is 0.561. The maximum Gasteiger partial charge on any atom is 0.126 e. The summed E-state index contributed by atoms with van der Waals surface area (Å²) >= 11 is 3.38. The summed E-state index contributed by atoms with van der Waals surface area (Å²) in [5, 5.41) is 1.04. The lowest BCUT2D eigenvalue weighted by molar-refractivity contribution is 0.306. The standard InChI is InChI=1S/C12H16BrFO/c1-10-9-11(5-6-12(10)14)15-8-4-2-3-7-13/h5-6,9H,2-4,7-8H2,1H3. The molecule has 0 radical (unpaired) electrons. The van der Waals surface area contributed by atoms with Crippen molar-refractivity contribution in [3.05, 3.63) is 29.6 Å². The lowest BCUT2D eigenvalue weighted by Crippen LogP contribution is -1.98. The minimum absolute atomic E-state index is 0.179. The molecule has 0 aliphatic carbocycles. The molecular weight excluding hydrogens is 259 g/mol. The van der Waals surface area contributed by atoms with Crippen LogP contribution in [-0.2, 0) is 0 Å². The maximum absolute atomic E-state index is 12.9. The largest absolute Gasteiger partial charge is 0.494 e. The first-order valence-electron chi connectivity index (χ1n) is 5.19. The van der Waals surface area contributed by atoms with E-state index >= 15 is 0 Å². The van der Waals surface area contributed by atoms with Crippen molar-refractivity contribution in [3.63, 3.8) is 0 Å². The van der Waals surface area contributed by atoms with Crippen LogP contribution in [0.15, 0.2) is 18.2 Å². The molecule has 0 spiro atoms. The molecule has 0 saturated heterocycles. The van der Waals surface area contributed by atoms with Crippen molar-refractivity contribution >= 4 is 15.9 Å². The van der Waals surface area contributed by atoms with Gasteiger partial charge in [-0.1, -0.05) is 15.9 Å². The summed E-state index contributed by atoms with van der Waals surface area (Å²) in [5.74, 6) is 0.578. The van der Waals surface area contributed by atoms with Crippen LogP contribution in [0.3, 0.4) is 0 Å². The van der Waals surface area contributed by atoms with E-state index in [1.54, 1.807) is 19.1 Å². The molecule has 0 atom stereocenters. The Morgan fingerprint density at radius 2 is 2.07 bits per heavy atom. The first kappa shape index (κ1) is 12.5. The van der Waals surface area contributed by atoms with E-state index in [4.69, 9.17) is 4.74 Å². The molecule has 0 aliphatic rings. The molecule has 1 nitrogen and oxygen atoms in total. The van der Waals surface area contributed by atoms with E-state index in [2.05, 4.69) is 15.9 Å². The first-order chi connectivity index (χ1) is 7.24. The van der Waals surface area contributed by atoms with Gasteiger partial charge in [0, 0.05) is 5.33 Å². The average molecular weight is 275 g/mol. The monoisotopic (exact) mass is 274 g/mol. The van der Waals surface area contributed by atoms with Crippen LogP contribution in [0.1, 0.15) is 24.8 Å². The van der Waals surface area contributed by atoms with Gasteiger partial charge >= 0.3 is 0 Å². The zero-order chi connectivity index (χ0) is 11.1. The van der Waals surface area contributed by atoms with E-state index in [-0.39, 0.29) is 5.82 Å². The highest BCUT2D eigenvalue weighted by molar-refractivity contribution is 9.09. The molecule has 0 N–H and O–H groups in total. The molecule has 15 heavy (non-hydrogen) atoms. The van der Waals surface area contributed by atoms with Crippen molar-refractivity contribution in [3.8, 4) is 5.75 Å². The van der Waals surface area contributed by atoms with Crippen LogP contribution >= 0.6 is 15.9 Å². The Morgan fingerprint density at radius 1 is 1.27 bits per heavy atom. The van der Waals surface area contributed by atoms with E-state index in [9.17, 15) is 4.39 Å². The number of ether oxygens (including phenoxy) is 1. The van der Waals surface area contributed by atoms with E-state index in [0.29, 0.717) is 12.2 Å². The van der Waals surface area contributed by atoms with Crippen LogP contribution in [0.4, 0.5) is 4.39 Å². The van der Waals surface area contributed by atoms with E-state index in [0.717, 1.165) is 23.9 Å². The highest BCUT2D eigenvalue weighted by Gasteiger charge is 1.99. The number of alkyl halides is 1. The summed E-state index contributed by atoms with van der Waals surface area (Å²) in [6.45, 7) is 2.45. The lowest BCUT2D eigenvalue weighted by atomic mass is 10.2. The molecule has 0 aliphatic heterocycles. The van der Waals surface area contributed by atoms with Gasteiger partial charge in [0.15, 0.2) is 0 Å². The molecule has 1 aromatic carbocycles. The zero-order valence-electron chi connectivity index (χ0n) is 8.93.